The van der Waals surface area contributed by atoms with Gasteiger partial charge in [0.15, 0.2) is 0 Å². The highest BCUT2D eigenvalue weighted by molar-refractivity contribution is 7.18. The molecule has 1 saturated carbocycles. The fourth-order valence-corrected chi connectivity index (χ4v) is 3.18. The van der Waals surface area contributed by atoms with Gasteiger partial charge in [-0.3, -0.25) is 0 Å². The Morgan fingerprint density at radius 2 is 2.28 bits per heavy atom. The van der Waals surface area contributed by atoms with Crippen molar-refractivity contribution >= 4 is 33.3 Å². The number of rotatable bonds is 4. The first-order valence-electron chi connectivity index (χ1n) is 6.50. The Morgan fingerprint density at radius 3 is 2.94 bits per heavy atom. The van der Waals surface area contributed by atoms with E-state index in [2.05, 4.69) is 35.2 Å². The van der Waals surface area contributed by atoms with E-state index in [0.717, 1.165) is 28.4 Å². The van der Waals surface area contributed by atoms with Crippen LogP contribution in [-0.2, 0) is 6.42 Å². The normalized spacial score (nSPS) is 17.0. The topological polar surface area (TPSA) is 63.8 Å². The van der Waals surface area contributed by atoms with Gasteiger partial charge in [0.1, 0.15) is 10.6 Å². The number of nitrogens with one attached hydrogen (secondary N) is 1. The molecule has 1 aliphatic rings. The third-order valence-corrected chi connectivity index (χ3v) is 4.68. The third kappa shape index (κ3) is 2.14. The number of anilines is 2. The van der Waals surface area contributed by atoms with Crippen LogP contribution in [0.2, 0.25) is 0 Å². The number of hydrogen-bond donors (Lipinski definition) is 2. The summed E-state index contributed by atoms with van der Waals surface area (Å²) in [6.45, 7) is 4.37. The van der Waals surface area contributed by atoms with Gasteiger partial charge in [0.25, 0.3) is 0 Å². The van der Waals surface area contributed by atoms with Crippen molar-refractivity contribution in [3.05, 3.63) is 10.9 Å². The Bertz CT molecular complexity index is 574. The molecule has 1 unspecified atom stereocenters. The van der Waals surface area contributed by atoms with Crippen LogP contribution in [0.25, 0.3) is 10.2 Å². The quantitative estimate of drug-likeness (QED) is 0.889. The van der Waals surface area contributed by atoms with Gasteiger partial charge in [-0.1, -0.05) is 6.92 Å². The minimum absolute atomic E-state index is 0.359. The Labute approximate surface area is 111 Å². The standard InChI is InChI=1S/C13H18N4S/c1-3-9-6-10-11(15-7(2)8-4-5-8)16-13(14)17-12(10)18-9/h6-8H,3-5H2,1-2H3,(H3,14,15,16,17). The molecule has 0 bridgehead atoms. The van der Waals surface area contributed by atoms with E-state index in [0.29, 0.717) is 12.0 Å². The van der Waals surface area contributed by atoms with Crippen molar-refractivity contribution < 1.29 is 0 Å². The first-order chi connectivity index (χ1) is 8.67. The molecule has 0 radical (unpaired) electrons. The molecule has 5 heteroatoms. The van der Waals surface area contributed by atoms with E-state index >= 15 is 0 Å². The maximum atomic E-state index is 5.79. The largest absolute Gasteiger partial charge is 0.368 e. The summed E-state index contributed by atoms with van der Waals surface area (Å²) in [4.78, 5) is 11.0. The average Bonchev–Trinajstić information content (AvgIpc) is 3.09. The van der Waals surface area contributed by atoms with E-state index in [4.69, 9.17) is 5.73 Å². The predicted molar refractivity (Wildman–Crippen MR) is 77.0 cm³/mol. The third-order valence-electron chi connectivity index (χ3n) is 3.50. The molecule has 96 valence electrons. The first-order valence-corrected chi connectivity index (χ1v) is 7.31. The van der Waals surface area contributed by atoms with E-state index in [1.165, 1.54) is 17.7 Å². The smallest absolute Gasteiger partial charge is 0.223 e. The summed E-state index contributed by atoms with van der Waals surface area (Å²) in [5.41, 5.74) is 5.79. The molecule has 2 aromatic rings. The molecule has 0 amide bonds. The molecule has 1 atom stereocenters. The number of fused-ring (bicyclic) bond motifs is 1. The molecule has 0 aliphatic heterocycles. The number of thiophene rings is 1. The highest BCUT2D eigenvalue weighted by Gasteiger charge is 2.28. The number of nitrogen functional groups attached to an aromatic ring is 1. The molecule has 0 saturated heterocycles. The zero-order valence-corrected chi connectivity index (χ0v) is 11.5. The molecular formula is C13H18N4S. The van der Waals surface area contributed by atoms with Crippen LogP contribution in [0.4, 0.5) is 11.8 Å². The van der Waals surface area contributed by atoms with Crippen molar-refractivity contribution in [2.24, 2.45) is 5.92 Å². The van der Waals surface area contributed by atoms with Gasteiger partial charge in [-0.15, -0.1) is 11.3 Å². The summed E-state index contributed by atoms with van der Waals surface area (Å²) in [6.07, 6.45) is 3.67. The summed E-state index contributed by atoms with van der Waals surface area (Å²) in [5.74, 6) is 2.05. The number of hydrogen-bond acceptors (Lipinski definition) is 5. The number of nitrogens with zero attached hydrogens (tertiary/aromatic N) is 2. The molecular weight excluding hydrogens is 244 g/mol. The zero-order chi connectivity index (χ0) is 12.7. The molecule has 4 nitrogen and oxygen atoms in total. The second-order valence-electron chi connectivity index (χ2n) is 4.99. The van der Waals surface area contributed by atoms with E-state index < -0.39 is 0 Å². The molecule has 18 heavy (non-hydrogen) atoms. The number of aryl methyl sites for hydroxylation is 1. The molecule has 2 heterocycles. The highest BCUT2D eigenvalue weighted by atomic mass is 32.1. The van der Waals surface area contributed by atoms with E-state index in [-0.39, 0.29) is 0 Å². The van der Waals surface area contributed by atoms with Crippen molar-refractivity contribution in [2.75, 3.05) is 11.1 Å². The summed E-state index contributed by atoms with van der Waals surface area (Å²) in [5, 5.41) is 4.61. The van der Waals surface area contributed by atoms with Crippen LogP contribution in [0.5, 0.6) is 0 Å². The fraction of sp³-hybridized carbons (Fsp3) is 0.538. The van der Waals surface area contributed by atoms with E-state index in [1.807, 2.05) is 0 Å². The van der Waals surface area contributed by atoms with Crippen LogP contribution in [0.3, 0.4) is 0 Å². The maximum absolute atomic E-state index is 5.79. The minimum atomic E-state index is 0.359. The molecule has 1 fully saturated rings. The minimum Gasteiger partial charge on any atom is -0.368 e. The lowest BCUT2D eigenvalue weighted by molar-refractivity contribution is 0.692. The lowest BCUT2D eigenvalue weighted by atomic mass is 10.2. The van der Waals surface area contributed by atoms with Crippen molar-refractivity contribution in [2.45, 2.75) is 39.2 Å². The van der Waals surface area contributed by atoms with Gasteiger partial charge in [0, 0.05) is 10.9 Å². The molecule has 0 spiro atoms. The van der Waals surface area contributed by atoms with Crippen LogP contribution in [0.1, 0.15) is 31.6 Å². The summed E-state index contributed by atoms with van der Waals surface area (Å²) in [6, 6.07) is 2.65. The Hall–Kier alpha value is -1.36. The second kappa shape index (κ2) is 4.39. The fourth-order valence-electron chi connectivity index (χ4n) is 2.20. The first kappa shape index (κ1) is 11.7. The predicted octanol–water partition coefficient (Wildman–Crippen LogP) is 3.05. The van der Waals surface area contributed by atoms with Crippen LogP contribution < -0.4 is 11.1 Å². The van der Waals surface area contributed by atoms with Crippen LogP contribution in [0, 0.1) is 5.92 Å². The molecule has 2 aromatic heterocycles. The molecule has 3 N–H and O–H groups in total. The van der Waals surface area contributed by atoms with Crippen molar-refractivity contribution in [3.8, 4) is 0 Å². The maximum Gasteiger partial charge on any atom is 0.223 e. The van der Waals surface area contributed by atoms with Gasteiger partial charge in [0.05, 0.1) is 5.39 Å². The zero-order valence-electron chi connectivity index (χ0n) is 10.7. The highest BCUT2D eigenvalue weighted by Crippen LogP contribution is 2.36. The van der Waals surface area contributed by atoms with E-state index in [1.54, 1.807) is 11.3 Å². The van der Waals surface area contributed by atoms with Gasteiger partial charge in [0.2, 0.25) is 5.95 Å². The summed E-state index contributed by atoms with van der Waals surface area (Å²) in [7, 11) is 0. The Kier molecular flexibility index (Phi) is 2.86. The average molecular weight is 262 g/mol. The molecule has 1 aliphatic carbocycles. The van der Waals surface area contributed by atoms with Crippen molar-refractivity contribution in [3.63, 3.8) is 0 Å². The summed E-state index contributed by atoms with van der Waals surface area (Å²) >= 11 is 1.71. The van der Waals surface area contributed by atoms with E-state index in [9.17, 15) is 0 Å². The van der Waals surface area contributed by atoms with Crippen LogP contribution in [0.15, 0.2) is 6.07 Å². The SMILES string of the molecule is CCc1cc2c(NC(C)C3CC3)nc(N)nc2s1. The Balaban J connectivity index is 1.99. The van der Waals surface area contributed by atoms with Crippen LogP contribution >= 0.6 is 11.3 Å². The van der Waals surface area contributed by atoms with Crippen molar-refractivity contribution in [1.29, 1.82) is 0 Å². The van der Waals surface area contributed by atoms with Gasteiger partial charge in [-0.05, 0) is 38.2 Å². The second-order valence-corrected chi connectivity index (χ2v) is 6.10. The summed E-state index contributed by atoms with van der Waals surface area (Å²) < 4.78 is 0. The van der Waals surface area contributed by atoms with Crippen molar-refractivity contribution in [1.82, 2.24) is 9.97 Å². The Morgan fingerprint density at radius 1 is 1.50 bits per heavy atom. The monoisotopic (exact) mass is 262 g/mol. The van der Waals surface area contributed by atoms with Gasteiger partial charge in [-0.2, -0.15) is 4.98 Å². The van der Waals surface area contributed by atoms with Gasteiger partial charge in [-0.25, -0.2) is 4.98 Å². The lowest BCUT2D eigenvalue weighted by Crippen LogP contribution is -2.18. The molecule has 3 rings (SSSR count). The van der Waals surface area contributed by atoms with Gasteiger partial charge < -0.3 is 11.1 Å². The van der Waals surface area contributed by atoms with Crippen LogP contribution in [-0.4, -0.2) is 16.0 Å². The molecule has 0 aromatic carbocycles. The lowest BCUT2D eigenvalue weighted by Gasteiger charge is -2.14. The van der Waals surface area contributed by atoms with Gasteiger partial charge >= 0.3 is 0 Å². The number of nitrogens with two attached hydrogens (primary N) is 1. The number of aromatic nitrogens is 2.